The molecule has 0 bridgehead atoms. The van der Waals surface area contributed by atoms with E-state index in [4.69, 9.17) is 0 Å². The second-order valence-corrected chi connectivity index (χ2v) is 4.68. The lowest BCUT2D eigenvalue weighted by Gasteiger charge is -2.21. The minimum atomic E-state index is -0.0522. The predicted octanol–water partition coefficient (Wildman–Crippen LogP) is 2.52. The maximum atomic E-state index is 11.9. The highest BCUT2D eigenvalue weighted by molar-refractivity contribution is 6.01. The molecule has 0 saturated carbocycles. The van der Waals surface area contributed by atoms with Crippen LogP contribution in [0, 0.1) is 0 Å². The minimum absolute atomic E-state index is 0.0522. The zero-order chi connectivity index (χ0) is 13.1. The first kappa shape index (κ1) is 12.8. The summed E-state index contributed by atoms with van der Waals surface area (Å²) in [6.07, 6.45) is 4.55. The van der Waals surface area contributed by atoms with E-state index < -0.39 is 0 Å². The maximum absolute atomic E-state index is 11.9. The van der Waals surface area contributed by atoms with Gasteiger partial charge in [-0.15, -0.1) is 0 Å². The molecule has 2 rings (SSSR count). The molecule has 3 nitrogen and oxygen atoms in total. The number of carbonyl (C=O) groups excluding carboxylic acids is 2. The van der Waals surface area contributed by atoms with E-state index in [0.29, 0.717) is 6.42 Å². The molecule has 0 heterocycles. The lowest BCUT2D eigenvalue weighted by atomic mass is 9.83. The van der Waals surface area contributed by atoms with Crippen LogP contribution in [0.1, 0.15) is 58.0 Å². The van der Waals surface area contributed by atoms with Crippen LogP contribution < -0.4 is 5.32 Å². The summed E-state index contributed by atoms with van der Waals surface area (Å²) in [5.41, 5.74) is 3.74. The number of benzene rings is 1. The molecule has 0 radical (unpaired) electrons. The highest BCUT2D eigenvalue weighted by Gasteiger charge is 2.22. The zero-order valence-electron chi connectivity index (χ0n) is 11.0. The second-order valence-electron chi connectivity index (χ2n) is 4.68. The number of fused-ring (bicyclic) bond motifs is 1. The van der Waals surface area contributed by atoms with Crippen molar-refractivity contribution >= 4 is 11.7 Å². The van der Waals surface area contributed by atoms with Crippen LogP contribution >= 0.6 is 0 Å². The van der Waals surface area contributed by atoms with Gasteiger partial charge in [-0.2, -0.15) is 0 Å². The molecule has 1 aromatic carbocycles. The molecule has 0 atom stereocenters. The topological polar surface area (TPSA) is 46.2 Å². The van der Waals surface area contributed by atoms with Crippen molar-refractivity contribution in [1.29, 1.82) is 0 Å². The molecule has 1 aliphatic carbocycles. The summed E-state index contributed by atoms with van der Waals surface area (Å²) < 4.78 is 0. The highest BCUT2D eigenvalue weighted by Crippen LogP contribution is 2.28. The lowest BCUT2D eigenvalue weighted by molar-refractivity contribution is 0.0956. The molecule has 1 aliphatic rings. The lowest BCUT2D eigenvalue weighted by Crippen LogP contribution is -2.22. The first-order valence-corrected chi connectivity index (χ1v) is 6.59. The van der Waals surface area contributed by atoms with Crippen LogP contribution in [0.4, 0.5) is 0 Å². The van der Waals surface area contributed by atoms with Gasteiger partial charge in [0.25, 0.3) is 5.91 Å². The predicted molar refractivity (Wildman–Crippen MR) is 71.1 cm³/mol. The van der Waals surface area contributed by atoms with Crippen molar-refractivity contribution in [2.75, 3.05) is 7.05 Å². The smallest absolute Gasteiger partial charge is 0.251 e. The number of hydrogen-bond acceptors (Lipinski definition) is 2. The molecule has 0 aromatic heterocycles. The quantitative estimate of drug-likeness (QED) is 0.832. The Hall–Kier alpha value is -1.64. The number of Topliss-reactive ketones (excluding diaryl/α,β-unsaturated/α-hetero) is 1. The molecule has 0 fully saturated rings. The van der Waals surface area contributed by atoms with E-state index in [1.54, 1.807) is 13.1 Å². The van der Waals surface area contributed by atoms with Crippen molar-refractivity contribution in [2.45, 2.75) is 39.0 Å². The first-order chi connectivity index (χ1) is 8.69. The molecule has 96 valence electrons. The number of ketones is 1. The van der Waals surface area contributed by atoms with Gasteiger partial charge >= 0.3 is 0 Å². The summed E-state index contributed by atoms with van der Waals surface area (Å²) in [5.74, 6) is 0.125. The molecule has 1 N–H and O–H groups in total. The summed E-state index contributed by atoms with van der Waals surface area (Å²) in [6.45, 7) is 1.88. The van der Waals surface area contributed by atoms with Crippen LogP contribution in [0.5, 0.6) is 0 Å². The molecule has 0 unspecified atom stereocenters. The Kier molecular flexibility index (Phi) is 3.80. The molecule has 1 aromatic rings. The molecule has 1 amide bonds. The van der Waals surface area contributed by atoms with Gasteiger partial charge in [-0.3, -0.25) is 9.59 Å². The van der Waals surface area contributed by atoms with E-state index in [9.17, 15) is 9.59 Å². The Labute approximate surface area is 108 Å². The molecule has 0 saturated heterocycles. The minimum Gasteiger partial charge on any atom is -0.355 e. The van der Waals surface area contributed by atoms with Gasteiger partial charge in [-0.25, -0.2) is 0 Å². The van der Waals surface area contributed by atoms with Crippen molar-refractivity contribution in [2.24, 2.45) is 0 Å². The Balaban J connectivity index is 2.55. The summed E-state index contributed by atoms with van der Waals surface area (Å²) in [5, 5.41) is 2.67. The number of carbonyl (C=O) groups is 2. The first-order valence-electron chi connectivity index (χ1n) is 6.59. The third-order valence-corrected chi connectivity index (χ3v) is 3.63. The Morgan fingerprint density at radius 1 is 1.11 bits per heavy atom. The van der Waals surface area contributed by atoms with Crippen LogP contribution in [0.2, 0.25) is 0 Å². The maximum Gasteiger partial charge on any atom is 0.251 e. The third kappa shape index (κ3) is 2.17. The fourth-order valence-corrected chi connectivity index (χ4v) is 2.67. The SMILES string of the molecule is CCC(=O)c1ccc(C(=O)NC)c2c1CCCC2. The van der Waals surface area contributed by atoms with E-state index in [1.807, 2.05) is 13.0 Å². The summed E-state index contributed by atoms with van der Waals surface area (Å²) in [6, 6.07) is 3.62. The summed E-state index contributed by atoms with van der Waals surface area (Å²) >= 11 is 0. The standard InChI is InChI=1S/C15H19NO2/c1-3-14(17)12-8-9-13(15(18)16-2)11-7-5-4-6-10(11)12/h8-9H,3-7H2,1-2H3,(H,16,18). The monoisotopic (exact) mass is 245 g/mol. The van der Waals surface area contributed by atoms with E-state index in [-0.39, 0.29) is 11.7 Å². The summed E-state index contributed by atoms with van der Waals surface area (Å²) in [7, 11) is 1.64. The van der Waals surface area contributed by atoms with Gasteiger partial charge in [0.2, 0.25) is 0 Å². The molecule has 0 spiro atoms. The van der Waals surface area contributed by atoms with E-state index in [2.05, 4.69) is 5.32 Å². The van der Waals surface area contributed by atoms with Crippen LogP contribution in [-0.2, 0) is 12.8 Å². The van der Waals surface area contributed by atoms with Crippen LogP contribution in [0.3, 0.4) is 0 Å². The molecular weight excluding hydrogens is 226 g/mol. The normalized spacial score (nSPS) is 13.9. The third-order valence-electron chi connectivity index (χ3n) is 3.63. The van der Waals surface area contributed by atoms with Gasteiger partial charge < -0.3 is 5.32 Å². The number of amides is 1. The van der Waals surface area contributed by atoms with Gasteiger partial charge in [0.05, 0.1) is 0 Å². The van der Waals surface area contributed by atoms with Crippen LogP contribution in [0.15, 0.2) is 12.1 Å². The van der Waals surface area contributed by atoms with Gasteiger partial charge in [0.1, 0.15) is 0 Å². The fraction of sp³-hybridized carbons (Fsp3) is 0.467. The Bertz CT molecular complexity index is 447. The van der Waals surface area contributed by atoms with Gasteiger partial charge in [-0.1, -0.05) is 13.0 Å². The number of nitrogens with one attached hydrogen (secondary N) is 1. The van der Waals surface area contributed by atoms with Crippen LogP contribution in [0.25, 0.3) is 0 Å². The Morgan fingerprint density at radius 3 is 2.22 bits per heavy atom. The highest BCUT2D eigenvalue weighted by atomic mass is 16.1. The van der Waals surface area contributed by atoms with E-state index >= 15 is 0 Å². The number of rotatable bonds is 3. The van der Waals surface area contributed by atoms with Crippen LogP contribution in [-0.4, -0.2) is 18.7 Å². The second kappa shape index (κ2) is 5.34. The largest absolute Gasteiger partial charge is 0.355 e. The van der Waals surface area contributed by atoms with Gasteiger partial charge in [-0.05, 0) is 42.9 Å². The molecule has 3 heteroatoms. The molecule has 0 aliphatic heterocycles. The van der Waals surface area contributed by atoms with Crippen molar-refractivity contribution in [3.63, 3.8) is 0 Å². The average Bonchev–Trinajstić information content (AvgIpc) is 2.44. The fourth-order valence-electron chi connectivity index (χ4n) is 2.67. The van der Waals surface area contributed by atoms with Crippen molar-refractivity contribution in [3.05, 3.63) is 34.4 Å². The Morgan fingerprint density at radius 2 is 1.67 bits per heavy atom. The van der Waals surface area contributed by atoms with Crippen molar-refractivity contribution in [1.82, 2.24) is 5.32 Å². The van der Waals surface area contributed by atoms with E-state index in [1.165, 1.54) is 0 Å². The van der Waals surface area contributed by atoms with Gasteiger partial charge in [0.15, 0.2) is 5.78 Å². The van der Waals surface area contributed by atoms with Crippen molar-refractivity contribution in [3.8, 4) is 0 Å². The van der Waals surface area contributed by atoms with Crippen molar-refractivity contribution < 1.29 is 9.59 Å². The number of hydrogen-bond donors (Lipinski definition) is 1. The molecular formula is C15H19NO2. The summed E-state index contributed by atoms with van der Waals surface area (Å²) in [4.78, 5) is 23.8. The van der Waals surface area contributed by atoms with Gasteiger partial charge in [0, 0.05) is 24.6 Å². The van der Waals surface area contributed by atoms with E-state index in [0.717, 1.165) is 47.9 Å². The zero-order valence-corrected chi connectivity index (χ0v) is 11.0. The molecule has 18 heavy (non-hydrogen) atoms. The average molecular weight is 245 g/mol.